The number of benzene rings is 2. The zero-order valence-electron chi connectivity index (χ0n) is 14.1. The van der Waals surface area contributed by atoms with Crippen LogP contribution in [0.5, 0.6) is 0 Å². The van der Waals surface area contributed by atoms with Gasteiger partial charge in [-0.3, -0.25) is 4.79 Å². The van der Waals surface area contributed by atoms with Crippen LogP contribution in [0.2, 0.25) is 0 Å². The second kappa shape index (κ2) is 6.18. The molecule has 0 fully saturated rings. The minimum atomic E-state index is -0.442. The lowest BCUT2D eigenvalue weighted by Gasteiger charge is -2.11. The summed E-state index contributed by atoms with van der Waals surface area (Å²) < 4.78 is 1.88. The van der Waals surface area contributed by atoms with Crippen molar-refractivity contribution in [2.24, 2.45) is 5.73 Å². The summed E-state index contributed by atoms with van der Waals surface area (Å²) in [5.41, 5.74) is 12.2. The number of carbonyl (C=O) groups excluding carboxylic acids is 1. The first-order valence-corrected chi connectivity index (χ1v) is 8.41. The fourth-order valence-corrected chi connectivity index (χ4v) is 3.15. The molecule has 1 atom stereocenters. The zero-order valence-corrected chi connectivity index (χ0v) is 14.1. The predicted molar refractivity (Wildman–Crippen MR) is 98.7 cm³/mol. The van der Waals surface area contributed by atoms with Crippen molar-refractivity contribution in [3.63, 3.8) is 0 Å². The molecular formula is C20H20N4O. The maximum atomic E-state index is 11.9. The summed E-state index contributed by atoms with van der Waals surface area (Å²) in [6.07, 6.45) is 5.31. The van der Waals surface area contributed by atoms with Gasteiger partial charge >= 0.3 is 0 Å². The van der Waals surface area contributed by atoms with Crippen molar-refractivity contribution in [3.8, 4) is 16.8 Å². The van der Waals surface area contributed by atoms with Crippen LogP contribution in [0.4, 0.5) is 5.69 Å². The van der Waals surface area contributed by atoms with Gasteiger partial charge in [0.2, 0.25) is 5.91 Å². The Hall–Kier alpha value is -2.92. The molecule has 0 bridgehead atoms. The average Bonchev–Trinajstić information content (AvgIpc) is 3.01. The van der Waals surface area contributed by atoms with Gasteiger partial charge in [0.1, 0.15) is 0 Å². The second-order valence-electron chi connectivity index (χ2n) is 6.52. The third kappa shape index (κ3) is 3.06. The van der Waals surface area contributed by atoms with E-state index in [2.05, 4.69) is 28.6 Å². The highest BCUT2D eigenvalue weighted by molar-refractivity contribution is 5.96. The lowest BCUT2D eigenvalue weighted by atomic mass is 9.99. The summed E-state index contributed by atoms with van der Waals surface area (Å²) in [7, 11) is 0. The van der Waals surface area contributed by atoms with Gasteiger partial charge in [0, 0.05) is 11.9 Å². The molecule has 0 saturated carbocycles. The predicted octanol–water partition coefficient (Wildman–Crippen LogP) is 3.06. The maximum Gasteiger partial charge on any atom is 0.241 e. The third-order valence-corrected chi connectivity index (χ3v) is 4.58. The van der Waals surface area contributed by atoms with Crippen molar-refractivity contribution in [2.45, 2.75) is 25.8 Å². The van der Waals surface area contributed by atoms with Crippen LogP contribution in [0.3, 0.4) is 0 Å². The van der Waals surface area contributed by atoms with Crippen LogP contribution >= 0.6 is 0 Å². The first kappa shape index (κ1) is 15.6. The van der Waals surface area contributed by atoms with Gasteiger partial charge in [-0.15, -0.1) is 0 Å². The Morgan fingerprint density at radius 3 is 2.84 bits per heavy atom. The van der Waals surface area contributed by atoms with Crippen LogP contribution in [0, 0.1) is 6.92 Å². The van der Waals surface area contributed by atoms with E-state index in [1.807, 2.05) is 48.3 Å². The van der Waals surface area contributed by atoms with Crippen LogP contribution in [-0.4, -0.2) is 21.7 Å². The van der Waals surface area contributed by atoms with E-state index in [9.17, 15) is 4.79 Å². The van der Waals surface area contributed by atoms with E-state index < -0.39 is 6.04 Å². The number of hydrogen-bond donors (Lipinski definition) is 2. The number of carbonyl (C=O) groups is 1. The van der Waals surface area contributed by atoms with Gasteiger partial charge in [0.25, 0.3) is 0 Å². The minimum Gasteiger partial charge on any atom is -0.324 e. The molecule has 0 saturated heterocycles. The van der Waals surface area contributed by atoms with Crippen LogP contribution in [0.1, 0.15) is 17.5 Å². The van der Waals surface area contributed by atoms with E-state index in [-0.39, 0.29) is 5.91 Å². The molecule has 1 aromatic heterocycles. The number of hydrogen-bond acceptors (Lipinski definition) is 3. The van der Waals surface area contributed by atoms with Crippen molar-refractivity contribution < 1.29 is 4.79 Å². The second-order valence-corrected chi connectivity index (χ2v) is 6.52. The highest BCUT2D eigenvalue weighted by Crippen LogP contribution is 2.29. The average molecular weight is 332 g/mol. The van der Waals surface area contributed by atoms with Crippen molar-refractivity contribution in [3.05, 3.63) is 66.0 Å². The fraction of sp³-hybridized carbons (Fsp3) is 0.200. The largest absolute Gasteiger partial charge is 0.324 e. The summed E-state index contributed by atoms with van der Waals surface area (Å²) >= 11 is 0. The molecule has 0 aliphatic carbocycles. The van der Waals surface area contributed by atoms with Gasteiger partial charge in [-0.25, -0.2) is 4.68 Å². The van der Waals surface area contributed by atoms with Gasteiger partial charge in [-0.1, -0.05) is 18.2 Å². The standard InChI is InChI=1S/C20H20N4O/c1-13-11-22-24(12-13)17-4-2-3-14(10-17)15-6-8-19-16(9-15)5-7-18(21)20(25)23-19/h2-4,6,8-12,18H,5,7,21H2,1H3,(H,23,25). The van der Waals surface area contributed by atoms with Gasteiger partial charge in [-0.2, -0.15) is 5.10 Å². The number of aromatic nitrogens is 2. The van der Waals surface area contributed by atoms with Crippen LogP contribution < -0.4 is 11.1 Å². The lowest BCUT2D eigenvalue weighted by molar-refractivity contribution is -0.117. The molecule has 2 aromatic carbocycles. The van der Waals surface area contributed by atoms with Crippen LogP contribution in [0.25, 0.3) is 16.8 Å². The quantitative estimate of drug-likeness (QED) is 0.757. The Balaban J connectivity index is 1.70. The number of nitrogens with zero attached hydrogens (tertiary/aromatic N) is 2. The molecule has 1 aliphatic heterocycles. The first-order valence-electron chi connectivity index (χ1n) is 8.41. The third-order valence-electron chi connectivity index (χ3n) is 4.58. The van der Waals surface area contributed by atoms with Crippen LogP contribution in [0.15, 0.2) is 54.9 Å². The van der Waals surface area contributed by atoms with Gasteiger partial charge in [-0.05, 0) is 66.3 Å². The molecule has 1 aliphatic rings. The lowest BCUT2D eigenvalue weighted by Crippen LogP contribution is -2.34. The Labute approximate surface area is 146 Å². The van der Waals surface area contributed by atoms with E-state index in [1.54, 1.807) is 0 Å². The minimum absolute atomic E-state index is 0.109. The molecular weight excluding hydrogens is 312 g/mol. The molecule has 4 rings (SSSR count). The van der Waals surface area contributed by atoms with Gasteiger partial charge in [0.15, 0.2) is 0 Å². The molecule has 3 aromatic rings. The molecule has 25 heavy (non-hydrogen) atoms. The molecule has 0 spiro atoms. The maximum absolute atomic E-state index is 11.9. The zero-order chi connectivity index (χ0) is 17.4. The summed E-state index contributed by atoms with van der Waals surface area (Å²) in [6.45, 7) is 2.03. The number of fused-ring (bicyclic) bond motifs is 1. The van der Waals surface area contributed by atoms with E-state index in [4.69, 9.17) is 5.73 Å². The van der Waals surface area contributed by atoms with E-state index in [0.717, 1.165) is 40.0 Å². The Bertz CT molecular complexity index is 944. The molecule has 1 amide bonds. The van der Waals surface area contributed by atoms with E-state index >= 15 is 0 Å². The normalized spacial score (nSPS) is 16.9. The fourth-order valence-electron chi connectivity index (χ4n) is 3.15. The molecule has 2 heterocycles. The van der Waals surface area contributed by atoms with Crippen molar-refractivity contribution in [1.82, 2.24) is 9.78 Å². The SMILES string of the molecule is Cc1cnn(-c2cccc(-c3ccc4c(c3)CCC(N)C(=O)N4)c2)c1. The summed E-state index contributed by atoms with van der Waals surface area (Å²) in [4.78, 5) is 11.9. The highest BCUT2D eigenvalue weighted by atomic mass is 16.2. The number of amides is 1. The molecule has 126 valence electrons. The molecule has 5 heteroatoms. The van der Waals surface area contributed by atoms with Crippen molar-refractivity contribution in [1.29, 1.82) is 0 Å². The van der Waals surface area contributed by atoms with E-state index in [0.29, 0.717) is 6.42 Å². The topological polar surface area (TPSA) is 72.9 Å². The summed E-state index contributed by atoms with van der Waals surface area (Å²) in [5, 5.41) is 7.29. The smallest absolute Gasteiger partial charge is 0.241 e. The van der Waals surface area contributed by atoms with Gasteiger partial charge in [0.05, 0.1) is 17.9 Å². The van der Waals surface area contributed by atoms with Crippen molar-refractivity contribution in [2.75, 3.05) is 5.32 Å². The number of nitrogens with one attached hydrogen (secondary N) is 1. The number of rotatable bonds is 2. The van der Waals surface area contributed by atoms with Crippen LogP contribution in [-0.2, 0) is 11.2 Å². The first-order chi connectivity index (χ1) is 12.1. The summed E-state index contributed by atoms with van der Waals surface area (Å²) in [6, 6.07) is 14.0. The monoisotopic (exact) mass is 332 g/mol. The molecule has 5 nitrogen and oxygen atoms in total. The molecule has 1 unspecified atom stereocenters. The van der Waals surface area contributed by atoms with Crippen molar-refractivity contribution >= 4 is 11.6 Å². The summed E-state index contributed by atoms with van der Waals surface area (Å²) in [5.74, 6) is -0.109. The highest BCUT2D eigenvalue weighted by Gasteiger charge is 2.20. The van der Waals surface area contributed by atoms with Gasteiger partial charge < -0.3 is 11.1 Å². The number of aryl methyl sites for hydroxylation is 2. The van der Waals surface area contributed by atoms with E-state index in [1.165, 1.54) is 0 Å². The number of nitrogens with two attached hydrogens (primary N) is 1. The Kier molecular flexibility index (Phi) is 3.86. The number of anilines is 1. The molecule has 0 radical (unpaired) electrons. The Morgan fingerprint density at radius 1 is 1.20 bits per heavy atom. The molecule has 3 N–H and O–H groups in total. The Morgan fingerprint density at radius 2 is 2.04 bits per heavy atom.